The standard InChI is InChI=1S/C22H24N4O/c1-16(27)17-10-12-18(13-11-17)23-22-24-20-9-5-4-8-19(20)21(25-22)26-14-6-2-3-7-15-26/h4-5,8-13H,2-3,6-7,14-15H2,1H3,(H,23,24,25). The van der Waals surface area contributed by atoms with Gasteiger partial charge in [-0.2, -0.15) is 4.98 Å². The lowest BCUT2D eigenvalue weighted by molar-refractivity contribution is 0.101. The summed E-state index contributed by atoms with van der Waals surface area (Å²) in [6.07, 6.45) is 4.97. The average molecular weight is 360 g/mol. The average Bonchev–Trinajstić information content (AvgIpc) is 2.97. The van der Waals surface area contributed by atoms with Crippen LogP contribution in [0.3, 0.4) is 0 Å². The van der Waals surface area contributed by atoms with Crippen molar-refractivity contribution in [3.8, 4) is 0 Å². The Kier molecular flexibility index (Phi) is 5.01. The highest BCUT2D eigenvalue weighted by molar-refractivity contribution is 5.94. The molecule has 0 aliphatic carbocycles. The van der Waals surface area contributed by atoms with Crippen molar-refractivity contribution in [2.45, 2.75) is 32.6 Å². The van der Waals surface area contributed by atoms with Gasteiger partial charge in [-0.05, 0) is 56.2 Å². The second-order valence-corrected chi connectivity index (χ2v) is 7.05. The number of fused-ring (bicyclic) bond motifs is 1. The fraction of sp³-hybridized carbons (Fsp3) is 0.318. The molecule has 0 unspecified atom stereocenters. The van der Waals surface area contributed by atoms with E-state index in [0.29, 0.717) is 11.5 Å². The SMILES string of the molecule is CC(=O)c1ccc(Nc2nc(N3CCCCCC3)c3ccccc3n2)cc1. The summed E-state index contributed by atoms with van der Waals surface area (Å²) in [5.74, 6) is 1.65. The number of hydrogen-bond acceptors (Lipinski definition) is 5. The number of ketones is 1. The number of nitrogens with one attached hydrogen (secondary N) is 1. The van der Waals surface area contributed by atoms with Gasteiger partial charge in [0.1, 0.15) is 5.82 Å². The van der Waals surface area contributed by atoms with Crippen molar-refractivity contribution in [2.24, 2.45) is 0 Å². The van der Waals surface area contributed by atoms with E-state index < -0.39 is 0 Å². The topological polar surface area (TPSA) is 58.1 Å². The molecule has 4 rings (SSSR count). The first-order chi connectivity index (χ1) is 13.2. The van der Waals surface area contributed by atoms with Crippen molar-refractivity contribution in [1.29, 1.82) is 0 Å². The lowest BCUT2D eigenvalue weighted by Crippen LogP contribution is -2.25. The third kappa shape index (κ3) is 3.92. The van der Waals surface area contributed by atoms with Crippen molar-refractivity contribution in [3.05, 3.63) is 54.1 Å². The zero-order valence-corrected chi connectivity index (χ0v) is 15.6. The Hall–Kier alpha value is -2.95. The zero-order valence-electron chi connectivity index (χ0n) is 15.6. The highest BCUT2D eigenvalue weighted by Gasteiger charge is 2.16. The Morgan fingerprint density at radius 2 is 1.63 bits per heavy atom. The number of aromatic nitrogens is 2. The molecular weight excluding hydrogens is 336 g/mol. The molecule has 1 fully saturated rings. The molecule has 138 valence electrons. The fourth-order valence-electron chi connectivity index (χ4n) is 3.56. The van der Waals surface area contributed by atoms with Crippen molar-refractivity contribution >= 4 is 34.1 Å². The first-order valence-electron chi connectivity index (χ1n) is 9.60. The van der Waals surface area contributed by atoms with Gasteiger partial charge in [0, 0.05) is 29.7 Å². The molecule has 0 bridgehead atoms. The molecule has 3 aromatic rings. The first kappa shape index (κ1) is 17.5. The van der Waals surface area contributed by atoms with Gasteiger partial charge in [0.15, 0.2) is 5.78 Å². The van der Waals surface area contributed by atoms with E-state index >= 15 is 0 Å². The van der Waals surface area contributed by atoms with Crippen molar-refractivity contribution in [2.75, 3.05) is 23.3 Å². The zero-order chi connectivity index (χ0) is 18.6. The third-order valence-corrected chi connectivity index (χ3v) is 5.04. The smallest absolute Gasteiger partial charge is 0.229 e. The van der Waals surface area contributed by atoms with Gasteiger partial charge in [-0.3, -0.25) is 4.79 Å². The predicted molar refractivity (Wildman–Crippen MR) is 110 cm³/mol. The van der Waals surface area contributed by atoms with Crippen LogP contribution in [0.1, 0.15) is 43.0 Å². The number of anilines is 3. The molecule has 1 saturated heterocycles. The van der Waals surface area contributed by atoms with Crippen LogP contribution in [0.4, 0.5) is 17.5 Å². The van der Waals surface area contributed by atoms with Crippen LogP contribution < -0.4 is 10.2 Å². The van der Waals surface area contributed by atoms with Gasteiger partial charge in [-0.15, -0.1) is 0 Å². The van der Waals surface area contributed by atoms with Gasteiger partial charge in [0.2, 0.25) is 5.95 Å². The van der Waals surface area contributed by atoms with Crippen LogP contribution in [0.5, 0.6) is 0 Å². The lowest BCUT2D eigenvalue weighted by atomic mass is 10.1. The number of Topliss-reactive ketones (excluding diaryl/α,β-unsaturated/α-hetero) is 1. The Morgan fingerprint density at radius 3 is 2.33 bits per heavy atom. The van der Waals surface area contributed by atoms with E-state index in [1.54, 1.807) is 6.92 Å². The van der Waals surface area contributed by atoms with E-state index in [1.807, 2.05) is 42.5 Å². The van der Waals surface area contributed by atoms with E-state index in [0.717, 1.165) is 35.5 Å². The van der Waals surface area contributed by atoms with E-state index in [4.69, 9.17) is 9.97 Å². The summed E-state index contributed by atoms with van der Waals surface area (Å²) in [5.41, 5.74) is 2.51. The molecule has 2 aromatic carbocycles. The monoisotopic (exact) mass is 360 g/mol. The molecule has 5 heteroatoms. The third-order valence-electron chi connectivity index (χ3n) is 5.04. The first-order valence-corrected chi connectivity index (χ1v) is 9.60. The summed E-state index contributed by atoms with van der Waals surface area (Å²) in [5, 5.41) is 4.39. The van der Waals surface area contributed by atoms with Gasteiger partial charge < -0.3 is 10.2 Å². The van der Waals surface area contributed by atoms with Gasteiger partial charge in [0.25, 0.3) is 0 Å². The van der Waals surface area contributed by atoms with Crippen LogP contribution in [0.2, 0.25) is 0 Å². The Bertz CT molecular complexity index is 944. The maximum atomic E-state index is 11.5. The molecule has 0 amide bonds. The fourth-order valence-corrected chi connectivity index (χ4v) is 3.56. The molecule has 0 radical (unpaired) electrons. The highest BCUT2D eigenvalue weighted by atomic mass is 16.1. The summed E-state index contributed by atoms with van der Waals surface area (Å²) in [7, 11) is 0. The molecular formula is C22H24N4O. The van der Waals surface area contributed by atoms with Crippen molar-refractivity contribution in [3.63, 3.8) is 0 Å². The normalized spacial score (nSPS) is 14.8. The van der Waals surface area contributed by atoms with Crippen molar-refractivity contribution < 1.29 is 4.79 Å². The number of nitrogens with zero attached hydrogens (tertiary/aromatic N) is 3. The number of hydrogen-bond donors (Lipinski definition) is 1. The highest BCUT2D eigenvalue weighted by Crippen LogP contribution is 2.28. The Morgan fingerprint density at radius 1 is 0.926 bits per heavy atom. The minimum absolute atomic E-state index is 0.0620. The summed E-state index contributed by atoms with van der Waals surface area (Å²) in [6, 6.07) is 15.6. The summed E-state index contributed by atoms with van der Waals surface area (Å²) in [6.45, 7) is 3.64. The van der Waals surface area contributed by atoms with Crippen LogP contribution in [0.25, 0.3) is 10.9 Å². The van der Waals surface area contributed by atoms with Crippen LogP contribution in [0.15, 0.2) is 48.5 Å². The number of carbonyl (C=O) groups excluding carboxylic acids is 1. The largest absolute Gasteiger partial charge is 0.356 e. The van der Waals surface area contributed by atoms with Gasteiger partial charge in [-0.25, -0.2) is 4.98 Å². The molecule has 0 atom stereocenters. The van der Waals surface area contributed by atoms with Crippen LogP contribution in [-0.4, -0.2) is 28.8 Å². The molecule has 5 nitrogen and oxygen atoms in total. The Balaban J connectivity index is 1.69. The van der Waals surface area contributed by atoms with Crippen LogP contribution in [-0.2, 0) is 0 Å². The van der Waals surface area contributed by atoms with Gasteiger partial charge >= 0.3 is 0 Å². The maximum Gasteiger partial charge on any atom is 0.229 e. The molecule has 1 aliphatic heterocycles. The molecule has 1 aliphatic rings. The quantitative estimate of drug-likeness (QED) is 0.667. The van der Waals surface area contributed by atoms with Crippen molar-refractivity contribution in [1.82, 2.24) is 9.97 Å². The van der Waals surface area contributed by atoms with E-state index in [9.17, 15) is 4.79 Å². The minimum Gasteiger partial charge on any atom is -0.356 e. The van der Waals surface area contributed by atoms with Gasteiger partial charge in [-0.1, -0.05) is 25.0 Å². The van der Waals surface area contributed by atoms with E-state index in [-0.39, 0.29) is 5.78 Å². The molecule has 1 N–H and O–H groups in total. The summed E-state index contributed by atoms with van der Waals surface area (Å²) < 4.78 is 0. The molecule has 0 spiro atoms. The van der Waals surface area contributed by atoms with Crippen LogP contribution >= 0.6 is 0 Å². The summed E-state index contributed by atoms with van der Waals surface area (Å²) >= 11 is 0. The predicted octanol–water partition coefficient (Wildman–Crippen LogP) is 4.96. The maximum absolute atomic E-state index is 11.5. The van der Waals surface area contributed by atoms with E-state index in [2.05, 4.69) is 16.3 Å². The number of benzene rings is 2. The second kappa shape index (κ2) is 7.74. The molecule has 1 aromatic heterocycles. The van der Waals surface area contributed by atoms with E-state index in [1.165, 1.54) is 25.7 Å². The minimum atomic E-state index is 0.0620. The van der Waals surface area contributed by atoms with Crippen LogP contribution in [0, 0.1) is 0 Å². The molecule has 2 heterocycles. The number of carbonyl (C=O) groups is 1. The number of para-hydroxylation sites is 1. The van der Waals surface area contributed by atoms with Gasteiger partial charge in [0.05, 0.1) is 5.52 Å². The second-order valence-electron chi connectivity index (χ2n) is 7.05. The number of rotatable bonds is 4. The molecule has 27 heavy (non-hydrogen) atoms. The molecule has 0 saturated carbocycles. The summed E-state index contributed by atoms with van der Waals surface area (Å²) in [4.78, 5) is 23.4. The Labute approximate surface area is 159 Å². The lowest BCUT2D eigenvalue weighted by Gasteiger charge is -2.23.